The van der Waals surface area contributed by atoms with E-state index < -0.39 is 27.2 Å². The number of amides is 4. The van der Waals surface area contributed by atoms with Crippen molar-refractivity contribution in [3.05, 3.63) is 102 Å². The van der Waals surface area contributed by atoms with Gasteiger partial charge >= 0.3 is 0 Å². The number of likely N-dealkylation sites (tertiary alicyclic amines) is 1. The molecular formula is C41H40Cl4N10O8S. The van der Waals surface area contributed by atoms with E-state index in [4.69, 9.17) is 23.2 Å². The summed E-state index contributed by atoms with van der Waals surface area (Å²) in [5.41, 5.74) is 2.81. The zero-order valence-corrected chi connectivity index (χ0v) is 37.9. The van der Waals surface area contributed by atoms with Gasteiger partial charge in [-0.1, -0.05) is 23.2 Å². The predicted octanol–water partition coefficient (Wildman–Crippen LogP) is 4.39. The van der Waals surface area contributed by atoms with Crippen molar-refractivity contribution in [3.8, 4) is 22.8 Å². The van der Waals surface area contributed by atoms with Crippen LogP contribution < -0.4 is 11.1 Å². The Morgan fingerprint density at radius 2 is 1.08 bits per heavy atom. The Balaban J connectivity index is 0.000000186. The molecule has 8 heterocycles. The van der Waals surface area contributed by atoms with E-state index in [-0.39, 0.29) is 98.4 Å². The molecule has 0 spiro atoms. The van der Waals surface area contributed by atoms with Gasteiger partial charge in [0.25, 0.3) is 34.7 Å². The number of imidazole rings is 2. The number of aromatic amines is 4. The highest BCUT2D eigenvalue weighted by Crippen LogP contribution is 2.32. The molecule has 0 bridgehead atoms. The van der Waals surface area contributed by atoms with Crippen LogP contribution in [-0.2, 0) is 9.84 Å². The summed E-state index contributed by atoms with van der Waals surface area (Å²) in [5.74, 6) is -0.725. The molecule has 4 aliphatic heterocycles. The molecule has 336 valence electrons. The minimum atomic E-state index is -2.99. The van der Waals surface area contributed by atoms with Crippen molar-refractivity contribution in [1.82, 2.24) is 49.5 Å². The zero-order valence-electron chi connectivity index (χ0n) is 33.9. The first-order valence-electron chi connectivity index (χ1n) is 19.9. The summed E-state index contributed by atoms with van der Waals surface area (Å²) in [5, 5.41) is 0.490. The molecule has 4 aromatic heterocycles. The van der Waals surface area contributed by atoms with Crippen molar-refractivity contribution in [1.29, 1.82) is 0 Å². The molecular weight excluding hydrogens is 934 g/mol. The molecule has 23 heteroatoms. The van der Waals surface area contributed by atoms with Crippen LogP contribution in [0.4, 0.5) is 0 Å². The van der Waals surface area contributed by atoms with Crippen LogP contribution in [-0.4, -0.2) is 145 Å². The van der Waals surface area contributed by atoms with E-state index >= 15 is 0 Å². The number of hydrogen-bond donors (Lipinski definition) is 4. The largest absolute Gasteiger partial charge is 0.338 e. The molecule has 10 rings (SSSR count). The number of rotatable bonds is 8. The Morgan fingerprint density at radius 1 is 0.641 bits per heavy atom. The molecule has 2 saturated heterocycles. The average Bonchev–Trinajstić information content (AvgIpc) is 4.04. The number of nitrogens with one attached hydrogen (secondary N) is 4. The van der Waals surface area contributed by atoms with Crippen LogP contribution in [0.5, 0.6) is 0 Å². The monoisotopic (exact) mass is 972 g/mol. The van der Waals surface area contributed by atoms with Gasteiger partial charge in [-0.25, -0.2) is 18.4 Å². The van der Waals surface area contributed by atoms with Crippen LogP contribution in [0.15, 0.2) is 58.4 Å². The van der Waals surface area contributed by atoms with Crippen molar-refractivity contribution in [2.45, 2.75) is 25.8 Å². The van der Waals surface area contributed by atoms with Crippen LogP contribution in [0.1, 0.15) is 61.2 Å². The van der Waals surface area contributed by atoms with E-state index in [1.54, 1.807) is 24.3 Å². The molecule has 0 aliphatic carbocycles. The van der Waals surface area contributed by atoms with Crippen LogP contribution in [0.2, 0.25) is 10.0 Å². The number of carbonyl (C=O) groups is 4. The molecule has 0 saturated carbocycles. The second-order valence-corrected chi connectivity index (χ2v) is 18.7. The Hall–Kier alpha value is -5.41. The number of carbonyl (C=O) groups excluding carboxylic acids is 4. The van der Waals surface area contributed by atoms with Gasteiger partial charge in [-0.3, -0.25) is 48.4 Å². The first kappa shape index (κ1) is 46.6. The summed E-state index contributed by atoms with van der Waals surface area (Å²) in [6.45, 7) is 5.60. The number of nitrogens with zero attached hydrogens (tertiary/aromatic N) is 6. The molecule has 0 unspecified atom stereocenters. The maximum Gasteiger partial charge on any atom is 0.261 e. The van der Waals surface area contributed by atoms with Gasteiger partial charge in [0.1, 0.15) is 22.8 Å². The third-order valence-corrected chi connectivity index (χ3v) is 14.1. The summed E-state index contributed by atoms with van der Waals surface area (Å²) in [4.78, 5) is 103. The van der Waals surface area contributed by atoms with Crippen molar-refractivity contribution in [2.75, 3.05) is 57.3 Å². The molecule has 4 N–H and O–H groups in total. The van der Waals surface area contributed by atoms with Crippen LogP contribution in [0.25, 0.3) is 44.8 Å². The predicted molar refractivity (Wildman–Crippen MR) is 245 cm³/mol. The first-order chi connectivity index (χ1) is 29.7. The third-order valence-electron chi connectivity index (χ3n) is 11.8. The van der Waals surface area contributed by atoms with Crippen LogP contribution in [0, 0.1) is 0 Å². The number of pyridine rings is 2. The summed E-state index contributed by atoms with van der Waals surface area (Å²) in [7, 11) is -2.99. The third kappa shape index (κ3) is 8.60. The van der Waals surface area contributed by atoms with Gasteiger partial charge in [0.05, 0.1) is 65.9 Å². The quantitative estimate of drug-likeness (QED) is 0.155. The Labute approximate surface area is 386 Å². The number of halogens is 4. The smallest absolute Gasteiger partial charge is 0.261 e. The molecule has 4 aliphatic rings. The second kappa shape index (κ2) is 18.2. The van der Waals surface area contributed by atoms with Crippen LogP contribution in [0.3, 0.4) is 0 Å². The number of imide groups is 2. The molecule has 4 amide bonds. The lowest BCUT2D eigenvalue weighted by Crippen LogP contribution is -2.45. The fraction of sp³-hybridized carbons (Fsp3) is 0.317. The van der Waals surface area contributed by atoms with E-state index in [0.717, 1.165) is 19.4 Å². The summed E-state index contributed by atoms with van der Waals surface area (Å²) in [6, 6.07) is 9.91. The number of aromatic nitrogens is 6. The average molecular weight is 975 g/mol. The molecule has 18 nitrogen and oxygen atoms in total. The second-order valence-electron chi connectivity index (χ2n) is 15.6. The van der Waals surface area contributed by atoms with E-state index in [1.165, 1.54) is 34.3 Å². The van der Waals surface area contributed by atoms with Gasteiger partial charge in [0, 0.05) is 57.7 Å². The minimum absolute atomic E-state index is 0. The van der Waals surface area contributed by atoms with Gasteiger partial charge in [-0.05, 0) is 62.7 Å². The lowest BCUT2D eigenvalue weighted by Gasteiger charge is -2.27. The van der Waals surface area contributed by atoms with Gasteiger partial charge in [-0.15, -0.1) is 24.8 Å². The molecule has 6 aromatic rings. The minimum Gasteiger partial charge on any atom is -0.338 e. The SMILES string of the molecule is C[C@H]1CCCN1CCN1C(=O)c2cc3nc(-c4c(Cl)cc[nH]c4=O)[nH]c3cc2C1=O.Cl.Cl.O=C1c2cc3nc(-c4c(Cl)cc[nH]c4=O)[nH]c3cc2C(=O)N1CCN1CCS(=O)(=O)CC1. The molecule has 64 heavy (non-hydrogen) atoms. The van der Waals surface area contributed by atoms with E-state index in [1.807, 2.05) is 4.90 Å². The zero-order chi connectivity index (χ0) is 43.6. The van der Waals surface area contributed by atoms with E-state index in [9.17, 15) is 37.2 Å². The highest BCUT2D eigenvalue weighted by Gasteiger charge is 2.38. The standard InChI is InChI=1S/C21H20ClN5O3.C20H18ClN5O5S.2ClH/c1-11-3-2-6-26(11)7-8-27-20(29)12-9-15-16(10-13(12)21(27)30)25-18(24-15)17-14(22)4-5-23-19(17)28;21-13-1-2-22-18(27)16(13)17-23-14-9-11-12(10-15(14)24-17)20(29)26(19(11)28)4-3-25-5-7-32(30,31)8-6-25;;/h4-5,9-11H,2-3,6-8H2,1H3,(H,23,28)(H,24,25);1-2,9-10H,3-8H2,(H,22,27)(H,23,24);2*1H/t11-;;;/m0.../s1. The molecule has 2 fully saturated rings. The Kier molecular flexibility index (Phi) is 13.3. The van der Waals surface area contributed by atoms with Crippen molar-refractivity contribution in [3.63, 3.8) is 0 Å². The topological polar surface area (TPSA) is 238 Å². The van der Waals surface area contributed by atoms with Gasteiger partial charge in [0.2, 0.25) is 0 Å². The van der Waals surface area contributed by atoms with Gasteiger partial charge in [0.15, 0.2) is 9.84 Å². The number of benzene rings is 2. The fourth-order valence-electron chi connectivity index (χ4n) is 8.35. The number of hydrogen-bond acceptors (Lipinski definition) is 12. The first-order valence-corrected chi connectivity index (χ1v) is 22.5. The molecule has 1 atom stereocenters. The van der Waals surface area contributed by atoms with E-state index in [2.05, 4.69) is 41.7 Å². The van der Waals surface area contributed by atoms with Crippen LogP contribution >= 0.6 is 48.0 Å². The van der Waals surface area contributed by atoms with E-state index in [0.29, 0.717) is 77.8 Å². The fourth-order valence-corrected chi connectivity index (χ4v) is 10.1. The Morgan fingerprint density at radius 3 is 1.50 bits per heavy atom. The molecule has 0 radical (unpaired) electrons. The normalized spacial score (nSPS) is 18.3. The Bertz CT molecular complexity index is 2990. The summed E-state index contributed by atoms with van der Waals surface area (Å²) in [6.07, 6.45) is 5.19. The lowest BCUT2D eigenvalue weighted by molar-refractivity contribution is 0.0621. The van der Waals surface area contributed by atoms with Crippen molar-refractivity contribution < 1.29 is 27.6 Å². The molecule has 2 aromatic carbocycles. The highest BCUT2D eigenvalue weighted by atomic mass is 35.5. The van der Waals surface area contributed by atoms with Gasteiger partial charge < -0.3 is 19.9 Å². The highest BCUT2D eigenvalue weighted by molar-refractivity contribution is 7.91. The summed E-state index contributed by atoms with van der Waals surface area (Å²) < 4.78 is 23.1. The maximum absolute atomic E-state index is 12.9. The van der Waals surface area contributed by atoms with Gasteiger partial charge in [-0.2, -0.15) is 0 Å². The number of sulfone groups is 1. The number of H-pyrrole nitrogens is 4. The number of fused-ring (bicyclic) bond motifs is 4. The lowest BCUT2D eigenvalue weighted by atomic mass is 10.1. The van der Waals surface area contributed by atoms with Crippen molar-refractivity contribution >= 4 is 104 Å². The van der Waals surface area contributed by atoms with Crippen molar-refractivity contribution in [2.24, 2.45) is 0 Å². The summed E-state index contributed by atoms with van der Waals surface area (Å²) >= 11 is 12.3. The maximum atomic E-state index is 12.9.